The molecule has 2 N–H and O–H groups in total. The van der Waals surface area contributed by atoms with Crippen LogP contribution >= 0.6 is 15.9 Å². The molecule has 0 aromatic heterocycles. The molecular weight excluding hydrogens is 323 g/mol. The minimum Gasteiger partial charge on any atom is -0.395 e. The Morgan fingerprint density at radius 2 is 1.65 bits per heavy atom. The van der Waals surface area contributed by atoms with Crippen LogP contribution in [0.2, 0.25) is 0 Å². The average molecular weight is 339 g/mol. The molecule has 0 saturated carbocycles. The summed E-state index contributed by atoms with van der Waals surface area (Å²) in [6.07, 6.45) is 0.239. The summed E-state index contributed by atoms with van der Waals surface area (Å²) in [5, 5.41) is 19.5. The predicted octanol–water partition coefficient (Wildman–Crippen LogP) is 3.05. The van der Waals surface area contributed by atoms with Crippen LogP contribution in [0.1, 0.15) is 11.1 Å². The summed E-state index contributed by atoms with van der Waals surface area (Å²) < 4.78 is 14.6. The van der Waals surface area contributed by atoms with E-state index in [2.05, 4.69) is 15.9 Å². The summed E-state index contributed by atoms with van der Waals surface area (Å²) >= 11 is 3.22. The van der Waals surface area contributed by atoms with E-state index in [0.29, 0.717) is 10.0 Å². The van der Waals surface area contributed by atoms with Gasteiger partial charge in [-0.2, -0.15) is 0 Å². The van der Waals surface area contributed by atoms with E-state index in [1.165, 1.54) is 6.07 Å². The average Bonchev–Trinajstić information content (AvgIpc) is 2.48. The third-order valence-electron chi connectivity index (χ3n) is 3.54. The molecule has 0 unspecified atom stereocenters. The van der Waals surface area contributed by atoms with Crippen molar-refractivity contribution < 1.29 is 14.6 Å². The third kappa shape index (κ3) is 3.08. The molecule has 0 spiro atoms. The molecule has 0 amide bonds. The van der Waals surface area contributed by atoms with Gasteiger partial charge in [-0.1, -0.05) is 52.3 Å². The van der Waals surface area contributed by atoms with Crippen LogP contribution in [-0.4, -0.2) is 23.4 Å². The van der Waals surface area contributed by atoms with Gasteiger partial charge in [0.05, 0.1) is 13.2 Å². The number of aliphatic hydroxyl groups excluding tert-OH is 2. The van der Waals surface area contributed by atoms with Gasteiger partial charge < -0.3 is 10.2 Å². The van der Waals surface area contributed by atoms with Gasteiger partial charge in [-0.25, -0.2) is 4.39 Å². The standard InChI is InChI=1S/C16H16BrFO2/c17-14-7-6-12(15(18)8-14)9-16(10-19,11-20)13-4-2-1-3-5-13/h1-8,19-20H,9-11H2. The smallest absolute Gasteiger partial charge is 0.127 e. The quantitative estimate of drug-likeness (QED) is 0.879. The molecule has 4 heteroatoms. The van der Waals surface area contributed by atoms with Crippen LogP contribution in [0.15, 0.2) is 53.0 Å². The maximum Gasteiger partial charge on any atom is 0.127 e. The Kier molecular flexibility index (Phi) is 4.91. The van der Waals surface area contributed by atoms with E-state index in [0.717, 1.165) is 5.56 Å². The molecular formula is C16H16BrFO2. The van der Waals surface area contributed by atoms with Crippen molar-refractivity contribution in [2.24, 2.45) is 0 Å². The zero-order valence-corrected chi connectivity index (χ0v) is 12.5. The van der Waals surface area contributed by atoms with E-state index in [-0.39, 0.29) is 25.5 Å². The maximum absolute atomic E-state index is 14.0. The van der Waals surface area contributed by atoms with Crippen LogP contribution in [0.5, 0.6) is 0 Å². The Labute approximate surface area is 126 Å². The van der Waals surface area contributed by atoms with Crippen LogP contribution in [0.25, 0.3) is 0 Å². The maximum atomic E-state index is 14.0. The first-order chi connectivity index (χ1) is 9.61. The van der Waals surface area contributed by atoms with Gasteiger partial charge in [0.1, 0.15) is 5.82 Å². The van der Waals surface area contributed by atoms with Crippen molar-refractivity contribution in [3.05, 3.63) is 69.9 Å². The molecule has 0 atom stereocenters. The zero-order valence-electron chi connectivity index (χ0n) is 10.9. The van der Waals surface area contributed by atoms with Crippen molar-refractivity contribution in [3.8, 4) is 0 Å². The Bertz CT molecular complexity index is 568. The van der Waals surface area contributed by atoms with Crippen LogP contribution in [0.3, 0.4) is 0 Å². The lowest BCUT2D eigenvalue weighted by Crippen LogP contribution is -2.37. The van der Waals surface area contributed by atoms with Crippen molar-refractivity contribution >= 4 is 15.9 Å². The van der Waals surface area contributed by atoms with Crippen molar-refractivity contribution in [2.45, 2.75) is 11.8 Å². The van der Waals surface area contributed by atoms with E-state index < -0.39 is 5.41 Å². The highest BCUT2D eigenvalue weighted by Gasteiger charge is 2.32. The van der Waals surface area contributed by atoms with Crippen LogP contribution in [0, 0.1) is 5.82 Å². The Hall–Kier alpha value is -1.23. The van der Waals surface area contributed by atoms with Crippen LogP contribution in [-0.2, 0) is 11.8 Å². The first kappa shape index (κ1) is 15.2. The minimum atomic E-state index is -0.879. The number of rotatable bonds is 5. The van der Waals surface area contributed by atoms with Gasteiger partial charge in [-0.15, -0.1) is 0 Å². The summed E-state index contributed by atoms with van der Waals surface area (Å²) in [5.41, 5.74) is 0.392. The lowest BCUT2D eigenvalue weighted by atomic mass is 9.77. The van der Waals surface area contributed by atoms with Crippen LogP contribution in [0.4, 0.5) is 4.39 Å². The first-order valence-corrected chi connectivity index (χ1v) is 7.12. The summed E-state index contributed by atoms with van der Waals surface area (Å²) in [4.78, 5) is 0. The zero-order chi connectivity index (χ0) is 14.6. The molecule has 0 fully saturated rings. The Morgan fingerprint density at radius 1 is 1.00 bits per heavy atom. The van der Waals surface area contributed by atoms with Gasteiger partial charge in [0, 0.05) is 9.89 Å². The molecule has 0 aliphatic heterocycles. The lowest BCUT2D eigenvalue weighted by Gasteiger charge is -2.30. The Morgan fingerprint density at radius 3 is 2.20 bits per heavy atom. The summed E-state index contributed by atoms with van der Waals surface area (Å²) in [6.45, 7) is -0.494. The fraction of sp³-hybridized carbons (Fsp3) is 0.250. The van der Waals surface area contributed by atoms with Gasteiger partial charge in [0.2, 0.25) is 0 Å². The molecule has 106 valence electrons. The third-order valence-corrected chi connectivity index (χ3v) is 4.03. The summed E-state index contributed by atoms with van der Waals surface area (Å²) in [5.74, 6) is -0.346. The normalized spacial score (nSPS) is 11.6. The second kappa shape index (κ2) is 6.48. The lowest BCUT2D eigenvalue weighted by molar-refractivity contribution is 0.115. The van der Waals surface area contributed by atoms with Crippen molar-refractivity contribution in [1.29, 1.82) is 0 Å². The SMILES string of the molecule is OCC(CO)(Cc1ccc(Br)cc1F)c1ccccc1. The molecule has 0 bridgehead atoms. The van der Waals surface area contributed by atoms with Crippen molar-refractivity contribution in [1.82, 2.24) is 0 Å². The molecule has 20 heavy (non-hydrogen) atoms. The first-order valence-electron chi connectivity index (χ1n) is 6.32. The van der Waals surface area contributed by atoms with Gasteiger partial charge in [-0.3, -0.25) is 0 Å². The van der Waals surface area contributed by atoms with E-state index in [4.69, 9.17) is 0 Å². The molecule has 2 nitrogen and oxygen atoms in total. The molecule has 0 saturated heterocycles. The molecule has 2 aromatic carbocycles. The second-order valence-electron chi connectivity index (χ2n) is 4.88. The molecule has 0 aliphatic rings. The van der Waals surface area contributed by atoms with Gasteiger partial charge in [-0.05, 0) is 29.7 Å². The van der Waals surface area contributed by atoms with Crippen molar-refractivity contribution in [3.63, 3.8) is 0 Å². The highest BCUT2D eigenvalue weighted by molar-refractivity contribution is 9.10. The highest BCUT2D eigenvalue weighted by atomic mass is 79.9. The molecule has 0 heterocycles. The van der Waals surface area contributed by atoms with E-state index >= 15 is 0 Å². The largest absolute Gasteiger partial charge is 0.395 e. The fourth-order valence-electron chi connectivity index (χ4n) is 2.27. The number of hydrogen-bond donors (Lipinski definition) is 2. The number of aliphatic hydroxyl groups is 2. The van der Waals surface area contributed by atoms with E-state index in [9.17, 15) is 14.6 Å². The second-order valence-corrected chi connectivity index (χ2v) is 5.79. The topological polar surface area (TPSA) is 40.5 Å². The number of benzene rings is 2. The van der Waals surface area contributed by atoms with Gasteiger partial charge in [0.25, 0.3) is 0 Å². The summed E-state index contributed by atoms with van der Waals surface area (Å²) in [6, 6.07) is 14.0. The number of halogens is 2. The van der Waals surface area contributed by atoms with E-state index in [1.807, 2.05) is 30.3 Å². The predicted molar refractivity (Wildman–Crippen MR) is 80.1 cm³/mol. The van der Waals surface area contributed by atoms with Crippen LogP contribution < -0.4 is 0 Å². The minimum absolute atomic E-state index is 0.239. The monoisotopic (exact) mass is 338 g/mol. The highest BCUT2D eigenvalue weighted by Crippen LogP contribution is 2.29. The molecule has 0 radical (unpaired) electrons. The number of hydrogen-bond acceptors (Lipinski definition) is 2. The molecule has 2 rings (SSSR count). The Balaban J connectivity index is 2.39. The van der Waals surface area contributed by atoms with Crippen molar-refractivity contribution in [2.75, 3.05) is 13.2 Å². The van der Waals surface area contributed by atoms with Gasteiger partial charge >= 0.3 is 0 Å². The summed E-state index contributed by atoms with van der Waals surface area (Å²) in [7, 11) is 0. The fourth-order valence-corrected chi connectivity index (χ4v) is 2.60. The van der Waals surface area contributed by atoms with E-state index in [1.54, 1.807) is 12.1 Å². The molecule has 2 aromatic rings. The molecule has 0 aliphatic carbocycles. The van der Waals surface area contributed by atoms with Gasteiger partial charge in [0.15, 0.2) is 0 Å².